The SMILES string of the molecule is O=C(CNc1ccc2ccccc2c1)N/N=C\c1ccc(Cl)cc1. The molecule has 0 bridgehead atoms. The van der Waals surface area contributed by atoms with Crippen LogP contribution >= 0.6 is 11.6 Å². The lowest BCUT2D eigenvalue weighted by atomic mass is 10.1. The minimum atomic E-state index is -0.214. The van der Waals surface area contributed by atoms with Crippen LogP contribution in [0.5, 0.6) is 0 Å². The number of benzene rings is 3. The van der Waals surface area contributed by atoms with Crippen LogP contribution in [0.2, 0.25) is 5.02 Å². The number of hydrogen-bond donors (Lipinski definition) is 2. The van der Waals surface area contributed by atoms with Gasteiger partial charge in [-0.2, -0.15) is 5.10 Å². The number of amides is 1. The number of rotatable bonds is 5. The van der Waals surface area contributed by atoms with Gasteiger partial charge in [0.2, 0.25) is 0 Å². The van der Waals surface area contributed by atoms with E-state index in [1.165, 1.54) is 5.39 Å². The van der Waals surface area contributed by atoms with Crippen LogP contribution in [-0.4, -0.2) is 18.7 Å². The normalized spacial score (nSPS) is 10.9. The highest BCUT2D eigenvalue weighted by Crippen LogP contribution is 2.18. The predicted molar refractivity (Wildman–Crippen MR) is 99.6 cm³/mol. The van der Waals surface area contributed by atoms with Crippen LogP contribution in [0.4, 0.5) is 5.69 Å². The Morgan fingerprint density at radius 1 is 1.00 bits per heavy atom. The first-order valence-corrected chi connectivity index (χ1v) is 7.89. The summed E-state index contributed by atoms with van der Waals surface area (Å²) >= 11 is 5.81. The number of nitrogens with zero attached hydrogens (tertiary/aromatic N) is 1. The third-order valence-corrected chi connectivity index (χ3v) is 3.73. The maximum Gasteiger partial charge on any atom is 0.259 e. The zero-order valence-corrected chi connectivity index (χ0v) is 13.6. The summed E-state index contributed by atoms with van der Waals surface area (Å²) in [4.78, 5) is 11.8. The highest BCUT2D eigenvalue weighted by Gasteiger charge is 2.00. The number of carbonyl (C=O) groups excluding carboxylic acids is 1. The summed E-state index contributed by atoms with van der Waals surface area (Å²) < 4.78 is 0. The standard InChI is InChI=1S/C19H16ClN3O/c20-17-8-5-14(6-9-17)12-22-23-19(24)13-21-18-10-7-15-3-1-2-4-16(15)11-18/h1-12,21H,13H2,(H,23,24)/b22-12-. The fourth-order valence-electron chi connectivity index (χ4n) is 2.25. The van der Waals surface area contributed by atoms with Crippen molar-refractivity contribution in [2.45, 2.75) is 0 Å². The van der Waals surface area contributed by atoms with E-state index in [1.54, 1.807) is 18.3 Å². The second-order valence-electron chi connectivity index (χ2n) is 5.26. The van der Waals surface area contributed by atoms with Crippen LogP contribution in [0.3, 0.4) is 0 Å². The van der Waals surface area contributed by atoms with Gasteiger partial charge in [-0.05, 0) is 40.6 Å². The van der Waals surface area contributed by atoms with Crippen molar-refractivity contribution >= 4 is 40.2 Å². The second kappa shape index (κ2) is 7.62. The summed E-state index contributed by atoms with van der Waals surface area (Å²) in [5, 5.41) is 9.97. The Morgan fingerprint density at radius 3 is 2.54 bits per heavy atom. The number of hydrazone groups is 1. The molecule has 4 nitrogen and oxygen atoms in total. The Labute approximate surface area is 145 Å². The average Bonchev–Trinajstić information content (AvgIpc) is 2.61. The third kappa shape index (κ3) is 4.33. The predicted octanol–water partition coefficient (Wildman–Crippen LogP) is 4.06. The Hall–Kier alpha value is -2.85. The van der Waals surface area contributed by atoms with Crippen molar-refractivity contribution in [3.63, 3.8) is 0 Å². The van der Waals surface area contributed by atoms with Gasteiger partial charge in [0.25, 0.3) is 5.91 Å². The van der Waals surface area contributed by atoms with E-state index < -0.39 is 0 Å². The zero-order valence-electron chi connectivity index (χ0n) is 12.9. The quantitative estimate of drug-likeness (QED) is 0.545. The molecule has 0 unspecified atom stereocenters. The first kappa shape index (κ1) is 16.0. The van der Waals surface area contributed by atoms with E-state index in [9.17, 15) is 4.79 Å². The van der Waals surface area contributed by atoms with Crippen molar-refractivity contribution in [3.05, 3.63) is 77.3 Å². The monoisotopic (exact) mass is 337 g/mol. The van der Waals surface area contributed by atoms with E-state index in [0.29, 0.717) is 5.02 Å². The van der Waals surface area contributed by atoms with Gasteiger partial charge in [-0.15, -0.1) is 0 Å². The van der Waals surface area contributed by atoms with Gasteiger partial charge in [-0.3, -0.25) is 4.79 Å². The molecule has 120 valence electrons. The van der Waals surface area contributed by atoms with Crippen molar-refractivity contribution in [2.75, 3.05) is 11.9 Å². The van der Waals surface area contributed by atoms with Gasteiger partial charge in [0.1, 0.15) is 0 Å². The number of halogens is 1. The molecule has 0 aromatic heterocycles. The van der Waals surface area contributed by atoms with Crippen molar-refractivity contribution < 1.29 is 4.79 Å². The molecule has 0 saturated carbocycles. The van der Waals surface area contributed by atoms with Crippen molar-refractivity contribution in [1.29, 1.82) is 0 Å². The molecule has 5 heteroatoms. The summed E-state index contributed by atoms with van der Waals surface area (Å²) in [6.45, 7) is 0.149. The van der Waals surface area contributed by atoms with E-state index in [2.05, 4.69) is 21.9 Å². The summed E-state index contributed by atoms with van der Waals surface area (Å²) in [6, 6.07) is 21.3. The molecule has 24 heavy (non-hydrogen) atoms. The first-order valence-electron chi connectivity index (χ1n) is 7.51. The molecule has 0 fully saturated rings. The molecular weight excluding hydrogens is 322 g/mol. The minimum absolute atomic E-state index is 0.149. The number of nitrogens with one attached hydrogen (secondary N) is 2. The van der Waals surface area contributed by atoms with Crippen molar-refractivity contribution in [1.82, 2.24) is 5.43 Å². The van der Waals surface area contributed by atoms with Crippen LogP contribution in [0, 0.1) is 0 Å². The Kier molecular flexibility index (Phi) is 5.08. The van der Waals surface area contributed by atoms with Gasteiger partial charge in [0.15, 0.2) is 0 Å². The molecule has 0 radical (unpaired) electrons. The lowest BCUT2D eigenvalue weighted by Gasteiger charge is -2.06. The number of anilines is 1. The van der Waals surface area contributed by atoms with Crippen LogP contribution in [0.1, 0.15) is 5.56 Å². The van der Waals surface area contributed by atoms with Gasteiger partial charge in [0, 0.05) is 10.7 Å². The van der Waals surface area contributed by atoms with Crippen LogP contribution in [-0.2, 0) is 4.79 Å². The summed E-state index contributed by atoms with van der Waals surface area (Å²) in [7, 11) is 0. The van der Waals surface area contributed by atoms with Gasteiger partial charge >= 0.3 is 0 Å². The molecule has 0 spiro atoms. The molecule has 0 aliphatic rings. The molecule has 3 rings (SSSR count). The smallest absolute Gasteiger partial charge is 0.259 e. The first-order chi connectivity index (χ1) is 11.7. The maximum atomic E-state index is 11.8. The van der Waals surface area contributed by atoms with Gasteiger partial charge in [-0.1, -0.05) is 54.1 Å². The number of carbonyl (C=O) groups is 1. The molecule has 0 aliphatic heterocycles. The molecule has 3 aromatic rings. The van der Waals surface area contributed by atoms with Gasteiger partial charge in [0.05, 0.1) is 12.8 Å². The molecule has 0 saturated heterocycles. The molecule has 2 N–H and O–H groups in total. The topological polar surface area (TPSA) is 53.5 Å². The lowest BCUT2D eigenvalue weighted by molar-refractivity contribution is -0.119. The highest BCUT2D eigenvalue weighted by atomic mass is 35.5. The van der Waals surface area contributed by atoms with E-state index >= 15 is 0 Å². The Bertz CT molecular complexity index is 875. The Morgan fingerprint density at radius 2 is 1.75 bits per heavy atom. The average molecular weight is 338 g/mol. The fraction of sp³-hybridized carbons (Fsp3) is 0.0526. The van der Waals surface area contributed by atoms with E-state index in [0.717, 1.165) is 16.6 Å². The largest absolute Gasteiger partial charge is 0.376 e. The maximum absolute atomic E-state index is 11.8. The minimum Gasteiger partial charge on any atom is -0.376 e. The second-order valence-corrected chi connectivity index (χ2v) is 5.70. The van der Waals surface area contributed by atoms with Gasteiger partial charge in [-0.25, -0.2) is 5.43 Å². The van der Waals surface area contributed by atoms with E-state index in [-0.39, 0.29) is 12.5 Å². The highest BCUT2D eigenvalue weighted by molar-refractivity contribution is 6.30. The van der Waals surface area contributed by atoms with Crippen molar-refractivity contribution in [2.24, 2.45) is 5.10 Å². The molecule has 3 aromatic carbocycles. The summed E-state index contributed by atoms with van der Waals surface area (Å²) in [5.74, 6) is -0.214. The molecular formula is C19H16ClN3O. The molecule has 0 heterocycles. The van der Waals surface area contributed by atoms with Crippen LogP contribution in [0.15, 0.2) is 71.8 Å². The fourth-order valence-corrected chi connectivity index (χ4v) is 2.37. The third-order valence-electron chi connectivity index (χ3n) is 3.48. The lowest BCUT2D eigenvalue weighted by Crippen LogP contribution is -2.25. The molecule has 0 atom stereocenters. The number of fused-ring (bicyclic) bond motifs is 1. The van der Waals surface area contributed by atoms with Crippen LogP contribution in [0.25, 0.3) is 10.8 Å². The van der Waals surface area contributed by atoms with E-state index in [1.807, 2.05) is 48.5 Å². The van der Waals surface area contributed by atoms with Gasteiger partial charge < -0.3 is 5.32 Å². The summed E-state index contributed by atoms with van der Waals surface area (Å²) in [6.07, 6.45) is 1.57. The molecule has 1 amide bonds. The zero-order chi connectivity index (χ0) is 16.8. The Balaban J connectivity index is 1.52. The molecule has 0 aliphatic carbocycles. The summed E-state index contributed by atoms with van der Waals surface area (Å²) in [5.41, 5.74) is 4.25. The van der Waals surface area contributed by atoms with Crippen LogP contribution < -0.4 is 10.7 Å². The van der Waals surface area contributed by atoms with Crippen molar-refractivity contribution in [3.8, 4) is 0 Å². The van der Waals surface area contributed by atoms with E-state index in [4.69, 9.17) is 11.6 Å². The number of hydrogen-bond acceptors (Lipinski definition) is 3.